The molecule has 2 aromatic rings. The number of rotatable bonds is 5. The Morgan fingerprint density at radius 2 is 1.73 bits per heavy atom. The predicted octanol–water partition coefficient (Wildman–Crippen LogP) is 3.75. The van der Waals surface area contributed by atoms with Gasteiger partial charge in [-0.2, -0.15) is 0 Å². The van der Waals surface area contributed by atoms with Gasteiger partial charge in [0.25, 0.3) is 0 Å². The molecule has 0 atom stereocenters. The number of carbonyl (C=O) groups is 2. The normalized spacial score (nSPS) is 14.0. The lowest BCUT2D eigenvalue weighted by Gasteiger charge is -2.06. The number of hydrogen-bond donors (Lipinski definition) is 2. The second-order valence-corrected chi connectivity index (χ2v) is 6.16. The minimum Gasteiger partial charge on any atom is -0.326 e. The fourth-order valence-corrected chi connectivity index (χ4v) is 2.57. The first-order valence-corrected chi connectivity index (χ1v) is 8.02. The summed E-state index contributed by atoms with van der Waals surface area (Å²) in [4.78, 5) is 24.5. The van der Waals surface area contributed by atoms with Crippen molar-refractivity contribution < 1.29 is 9.59 Å². The summed E-state index contributed by atoms with van der Waals surface area (Å²) in [5, 5.41) is 7.61. The topological polar surface area (TPSA) is 58.2 Å². The number of nitrogens with one attached hydrogen (secondary N) is 2. The molecule has 0 unspecified atom stereocenters. The second kappa shape index (κ2) is 6.58. The number of benzene rings is 1. The van der Waals surface area contributed by atoms with Crippen molar-refractivity contribution in [1.29, 1.82) is 0 Å². The summed E-state index contributed by atoms with van der Waals surface area (Å²) in [5.41, 5.74) is 1.45. The van der Waals surface area contributed by atoms with Crippen molar-refractivity contribution >= 4 is 40.6 Å². The van der Waals surface area contributed by atoms with Gasteiger partial charge in [0.05, 0.1) is 0 Å². The van der Waals surface area contributed by atoms with E-state index in [-0.39, 0.29) is 17.7 Å². The van der Waals surface area contributed by atoms with Crippen molar-refractivity contribution in [3.8, 4) is 0 Å². The zero-order valence-corrected chi connectivity index (χ0v) is 12.7. The van der Waals surface area contributed by atoms with E-state index in [1.165, 1.54) is 6.08 Å². The van der Waals surface area contributed by atoms with Gasteiger partial charge < -0.3 is 10.6 Å². The average Bonchev–Trinajstić information content (AvgIpc) is 3.24. The predicted molar refractivity (Wildman–Crippen MR) is 89.8 cm³/mol. The Kier molecular flexibility index (Phi) is 4.34. The van der Waals surface area contributed by atoms with Crippen LogP contribution in [0.4, 0.5) is 11.4 Å². The van der Waals surface area contributed by atoms with Crippen LogP contribution in [0.15, 0.2) is 47.9 Å². The van der Waals surface area contributed by atoms with Gasteiger partial charge >= 0.3 is 0 Å². The number of carbonyl (C=O) groups excluding carboxylic acids is 2. The molecule has 1 fully saturated rings. The van der Waals surface area contributed by atoms with E-state index in [0.717, 1.165) is 23.4 Å². The van der Waals surface area contributed by atoms with Gasteiger partial charge in [-0.1, -0.05) is 6.07 Å². The molecule has 1 aliphatic carbocycles. The molecule has 22 heavy (non-hydrogen) atoms. The van der Waals surface area contributed by atoms with Gasteiger partial charge in [0, 0.05) is 28.2 Å². The highest BCUT2D eigenvalue weighted by Gasteiger charge is 2.29. The standard InChI is InChI=1S/C17H16N2O2S/c20-16(10-9-15-2-1-11-22-15)18-13-5-7-14(8-6-13)19-17(21)12-3-4-12/h1-2,5-12H,3-4H2,(H,18,20)(H,19,21)/b10-9+. The average molecular weight is 312 g/mol. The molecule has 1 aromatic carbocycles. The van der Waals surface area contributed by atoms with E-state index in [1.807, 2.05) is 17.5 Å². The van der Waals surface area contributed by atoms with Crippen LogP contribution < -0.4 is 10.6 Å². The van der Waals surface area contributed by atoms with E-state index in [4.69, 9.17) is 0 Å². The number of thiophene rings is 1. The quantitative estimate of drug-likeness (QED) is 0.826. The third kappa shape index (κ3) is 4.05. The van der Waals surface area contributed by atoms with Crippen LogP contribution in [0, 0.1) is 5.92 Å². The molecular weight excluding hydrogens is 296 g/mol. The van der Waals surface area contributed by atoms with Crippen molar-refractivity contribution in [3.63, 3.8) is 0 Å². The van der Waals surface area contributed by atoms with Crippen molar-refractivity contribution in [2.45, 2.75) is 12.8 Å². The summed E-state index contributed by atoms with van der Waals surface area (Å²) in [7, 11) is 0. The van der Waals surface area contributed by atoms with E-state index >= 15 is 0 Å². The largest absolute Gasteiger partial charge is 0.326 e. The molecule has 3 rings (SSSR count). The highest BCUT2D eigenvalue weighted by Crippen LogP contribution is 2.30. The lowest BCUT2D eigenvalue weighted by molar-refractivity contribution is -0.117. The highest BCUT2D eigenvalue weighted by atomic mass is 32.1. The molecule has 1 saturated carbocycles. The van der Waals surface area contributed by atoms with Crippen LogP contribution in [0.1, 0.15) is 17.7 Å². The number of hydrogen-bond acceptors (Lipinski definition) is 3. The van der Waals surface area contributed by atoms with Gasteiger partial charge in [0.15, 0.2) is 0 Å². The van der Waals surface area contributed by atoms with Gasteiger partial charge in [0.1, 0.15) is 0 Å². The van der Waals surface area contributed by atoms with Crippen molar-refractivity contribution in [2.75, 3.05) is 10.6 Å². The summed E-state index contributed by atoms with van der Waals surface area (Å²) in [6.45, 7) is 0. The fraction of sp³-hybridized carbons (Fsp3) is 0.176. The molecule has 112 valence electrons. The van der Waals surface area contributed by atoms with E-state index < -0.39 is 0 Å². The molecular formula is C17H16N2O2S. The SMILES string of the molecule is O=C(/C=C/c1cccs1)Nc1ccc(NC(=O)C2CC2)cc1. The van der Waals surface area contributed by atoms with Crippen LogP contribution in [0.2, 0.25) is 0 Å². The summed E-state index contributed by atoms with van der Waals surface area (Å²) in [5.74, 6) is 0.0839. The first kappa shape index (κ1) is 14.5. The number of amides is 2. The molecule has 0 spiro atoms. The Morgan fingerprint density at radius 3 is 2.32 bits per heavy atom. The zero-order valence-electron chi connectivity index (χ0n) is 11.9. The van der Waals surface area contributed by atoms with E-state index in [0.29, 0.717) is 5.69 Å². The summed E-state index contributed by atoms with van der Waals surface area (Å²) in [6.07, 6.45) is 5.26. The molecule has 1 aliphatic rings. The molecule has 1 heterocycles. The van der Waals surface area contributed by atoms with Crippen LogP contribution in [-0.2, 0) is 9.59 Å². The Morgan fingerprint density at radius 1 is 1.05 bits per heavy atom. The van der Waals surface area contributed by atoms with Crippen LogP contribution in [0.5, 0.6) is 0 Å². The maximum Gasteiger partial charge on any atom is 0.248 e. The van der Waals surface area contributed by atoms with Crippen LogP contribution in [0.25, 0.3) is 6.08 Å². The monoisotopic (exact) mass is 312 g/mol. The number of anilines is 2. The van der Waals surface area contributed by atoms with E-state index in [1.54, 1.807) is 41.7 Å². The fourth-order valence-electron chi connectivity index (χ4n) is 1.95. The molecule has 0 saturated heterocycles. The second-order valence-electron chi connectivity index (χ2n) is 5.18. The Balaban J connectivity index is 1.53. The third-order valence-electron chi connectivity index (χ3n) is 3.31. The van der Waals surface area contributed by atoms with Crippen LogP contribution >= 0.6 is 11.3 Å². The van der Waals surface area contributed by atoms with Crippen LogP contribution in [-0.4, -0.2) is 11.8 Å². The van der Waals surface area contributed by atoms with Gasteiger partial charge in [-0.15, -0.1) is 11.3 Å². The maximum absolute atomic E-state index is 11.8. The summed E-state index contributed by atoms with van der Waals surface area (Å²) >= 11 is 1.58. The lowest BCUT2D eigenvalue weighted by atomic mass is 10.2. The van der Waals surface area contributed by atoms with Crippen molar-refractivity contribution in [3.05, 3.63) is 52.7 Å². The van der Waals surface area contributed by atoms with Gasteiger partial charge in [-0.3, -0.25) is 9.59 Å². The molecule has 4 nitrogen and oxygen atoms in total. The van der Waals surface area contributed by atoms with Crippen molar-refractivity contribution in [1.82, 2.24) is 0 Å². The summed E-state index contributed by atoms with van der Waals surface area (Å²) in [6, 6.07) is 11.0. The summed E-state index contributed by atoms with van der Waals surface area (Å²) < 4.78 is 0. The van der Waals surface area contributed by atoms with E-state index in [2.05, 4.69) is 10.6 Å². The molecule has 0 radical (unpaired) electrons. The molecule has 0 bridgehead atoms. The Bertz CT molecular complexity index is 686. The Labute approximate surface area is 132 Å². The smallest absolute Gasteiger partial charge is 0.248 e. The molecule has 5 heteroatoms. The van der Waals surface area contributed by atoms with Crippen molar-refractivity contribution in [2.24, 2.45) is 5.92 Å². The molecule has 2 N–H and O–H groups in total. The van der Waals surface area contributed by atoms with Gasteiger partial charge in [-0.25, -0.2) is 0 Å². The van der Waals surface area contributed by atoms with Crippen LogP contribution in [0.3, 0.4) is 0 Å². The molecule has 0 aliphatic heterocycles. The first-order chi connectivity index (χ1) is 10.7. The van der Waals surface area contributed by atoms with Gasteiger partial charge in [-0.05, 0) is 54.6 Å². The molecule has 2 amide bonds. The first-order valence-electron chi connectivity index (χ1n) is 7.14. The third-order valence-corrected chi connectivity index (χ3v) is 4.15. The minimum absolute atomic E-state index is 0.0793. The lowest BCUT2D eigenvalue weighted by Crippen LogP contribution is -2.13. The zero-order chi connectivity index (χ0) is 15.4. The maximum atomic E-state index is 11.8. The highest BCUT2D eigenvalue weighted by molar-refractivity contribution is 7.10. The molecule has 1 aromatic heterocycles. The Hall–Kier alpha value is -2.40. The minimum atomic E-state index is -0.178. The van der Waals surface area contributed by atoms with E-state index in [9.17, 15) is 9.59 Å². The van der Waals surface area contributed by atoms with Gasteiger partial charge in [0.2, 0.25) is 11.8 Å².